The maximum Gasteiger partial charge on any atom is 0.251 e. The average Bonchev–Trinajstić information content (AvgIpc) is 3.43. The minimum Gasteiger partial charge on any atom is -0.355 e. The van der Waals surface area contributed by atoms with E-state index in [1.807, 2.05) is 0 Å². The molecule has 1 fully saturated rings. The molecule has 0 heterocycles. The quantitative estimate of drug-likeness (QED) is 0.717. The Morgan fingerprint density at radius 3 is 2.42 bits per heavy atom. The van der Waals surface area contributed by atoms with Gasteiger partial charge in [0.05, 0.1) is 5.02 Å². The molecular formula is C18H18BrClN2O3S. The third-order valence-electron chi connectivity index (χ3n) is 4.22. The molecule has 8 heteroatoms. The van der Waals surface area contributed by atoms with Crippen molar-refractivity contribution in [3.05, 3.63) is 63.1 Å². The van der Waals surface area contributed by atoms with Crippen LogP contribution in [0.15, 0.2) is 51.8 Å². The molecule has 5 nitrogen and oxygen atoms in total. The van der Waals surface area contributed by atoms with Crippen molar-refractivity contribution in [2.24, 2.45) is 0 Å². The van der Waals surface area contributed by atoms with Gasteiger partial charge >= 0.3 is 0 Å². The van der Waals surface area contributed by atoms with Gasteiger partial charge in [-0.05, 0) is 48.7 Å². The molecule has 0 spiro atoms. The van der Waals surface area contributed by atoms with Crippen molar-refractivity contribution in [3.63, 3.8) is 0 Å². The highest BCUT2D eigenvalue weighted by Gasteiger charge is 2.38. The number of amides is 1. The van der Waals surface area contributed by atoms with E-state index in [0.29, 0.717) is 5.56 Å². The van der Waals surface area contributed by atoms with Gasteiger partial charge in [0.25, 0.3) is 5.91 Å². The Morgan fingerprint density at radius 2 is 1.88 bits per heavy atom. The molecule has 0 atom stereocenters. The van der Waals surface area contributed by atoms with Crippen molar-refractivity contribution in [1.29, 1.82) is 0 Å². The number of carbonyl (C=O) groups excluding carboxylic acids is 1. The number of carbonyl (C=O) groups is 1. The van der Waals surface area contributed by atoms with Crippen LogP contribution in [-0.4, -0.2) is 31.7 Å². The minimum atomic E-state index is -3.71. The van der Waals surface area contributed by atoms with Gasteiger partial charge in [-0.1, -0.05) is 39.7 Å². The number of benzene rings is 2. The molecule has 0 radical (unpaired) electrons. The second kappa shape index (κ2) is 7.68. The van der Waals surface area contributed by atoms with Crippen LogP contribution in [0.4, 0.5) is 0 Å². The maximum absolute atomic E-state index is 13.1. The standard InChI is InChI=1S/C18H18BrClN2O3S/c1-21-18(23)13-4-2-12(3-5-13)11-22(15-7-8-15)26(24,25)17-9-6-14(19)10-16(17)20/h2-6,9-10,15H,7-8,11H2,1H3,(H,21,23). The van der Waals surface area contributed by atoms with Crippen molar-refractivity contribution in [2.45, 2.75) is 30.3 Å². The first kappa shape index (κ1) is 19.4. The van der Waals surface area contributed by atoms with E-state index in [9.17, 15) is 13.2 Å². The summed E-state index contributed by atoms with van der Waals surface area (Å²) < 4.78 is 28.5. The molecule has 1 aliphatic rings. The number of hydrogen-bond donors (Lipinski definition) is 1. The van der Waals surface area contributed by atoms with E-state index < -0.39 is 10.0 Å². The van der Waals surface area contributed by atoms with Gasteiger partial charge in [-0.25, -0.2) is 8.42 Å². The predicted octanol–water partition coefficient (Wildman–Crippen LogP) is 3.82. The fourth-order valence-electron chi connectivity index (χ4n) is 2.67. The fourth-order valence-corrected chi connectivity index (χ4v) is 5.36. The molecule has 0 aromatic heterocycles. The lowest BCUT2D eigenvalue weighted by Gasteiger charge is -2.23. The average molecular weight is 458 g/mol. The van der Waals surface area contributed by atoms with E-state index >= 15 is 0 Å². The Labute approximate surface area is 166 Å². The molecule has 0 unspecified atom stereocenters. The SMILES string of the molecule is CNC(=O)c1ccc(CN(C2CC2)S(=O)(=O)c2ccc(Br)cc2Cl)cc1. The van der Waals surface area contributed by atoms with Crippen LogP contribution in [0.3, 0.4) is 0 Å². The van der Waals surface area contributed by atoms with Gasteiger partial charge in [0.15, 0.2) is 0 Å². The molecule has 1 saturated carbocycles. The molecule has 138 valence electrons. The summed E-state index contributed by atoms with van der Waals surface area (Å²) in [6.45, 7) is 0.243. The molecule has 2 aromatic rings. The number of hydrogen-bond acceptors (Lipinski definition) is 3. The minimum absolute atomic E-state index is 0.0154. The second-order valence-electron chi connectivity index (χ2n) is 6.13. The summed E-state index contributed by atoms with van der Waals surface area (Å²) in [7, 11) is -2.14. The van der Waals surface area contributed by atoms with Crippen LogP contribution in [0.1, 0.15) is 28.8 Å². The molecular weight excluding hydrogens is 440 g/mol. The summed E-state index contributed by atoms with van der Waals surface area (Å²) in [5, 5.41) is 2.76. The molecule has 1 amide bonds. The number of sulfonamides is 1. The Hall–Kier alpha value is -1.41. The summed E-state index contributed by atoms with van der Waals surface area (Å²) in [5.74, 6) is -0.176. The lowest BCUT2D eigenvalue weighted by Crippen LogP contribution is -2.33. The zero-order chi connectivity index (χ0) is 18.9. The highest BCUT2D eigenvalue weighted by atomic mass is 79.9. The molecule has 0 saturated heterocycles. The van der Waals surface area contributed by atoms with Gasteiger partial charge in [0.2, 0.25) is 10.0 Å². The van der Waals surface area contributed by atoms with E-state index in [0.717, 1.165) is 22.9 Å². The number of rotatable bonds is 6. The van der Waals surface area contributed by atoms with Crippen LogP contribution < -0.4 is 5.32 Å². The van der Waals surface area contributed by atoms with Gasteiger partial charge in [-0.2, -0.15) is 4.31 Å². The molecule has 1 aliphatic carbocycles. The second-order valence-corrected chi connectivity index (χ2v) is 9.31. The van der Waals surface area contributed by atoms with Crippen LogP contribution in [0.25, 0.3) is 0 Å². The molecule has 0 bridgehead atoms. The van der Waals surface area contributed by atoms with E-state index in [1.165, 1.54) is 10.4 Å². The number of halogens is 2. The van der Waals surface area contributed by atoms with Gasteiger partial charge in [0.1, 0.15) is 4.90 Å². The zero-order valence-corrected chi connectivity index (χ0v) is 17.2. The monoisotopic (exact) mass is 456 g/mol. The van der Waals surface area contributed by atoms with Crippen LogP contribution in [0, 0.1) is 0 Å². The Kier molecular flexibility index (Phi) is 5.72. The topological polar surface area (TPSA) is 66.5 Å². The normalized spacial score (nSPS) is 14.5. The summed E-state index contributed by atoms with van der Waals surface area (Å²) in [5.41, 5.74) is 1.36. The smallest absolute Gasteiger partial charge is 0.251 e. The summed E-state index contributed by atoms with van der Waals surface area (Å²) in [4.78, 5) is 11.7. The third kappa shape index (κ3) is 4.11. The third-order valence-corrected chi connectivity index (χ3v) is 7.09. The van der Waals surface area contributed by atoms with E-state index in [2.05, 4.69) is 21.2 Å². The van der Waals surface area contributed by atoms with Crippen LogP contribution in [0.5, 0.6) is 0 Å². The number of nitrogens with one attached hydrogen (secondary N) is 1. The lowest BCUT2D eigenvalue weighted by atomic mass is 10.1. The van der Waals surface area contributed by atoms with Crippen molar-refractivity contribution < 1.29 is 13.2 Å². The highest BCUT2D eigenvalue weighted by Crippen LogP contribution is 2.36. The molecule has 1 N–H and O–H groups in total. The molecule has 3 rings (SSSR count). The van der Waals surface area contributed by atoms with Crippen molar-refractivity contribution >= 4 is 43.5 Å². The number of nitrogens with zero attached hydrogens (tertiary/aromatic N) is 1. The first-order chi connectivity index (χ1) is 12.3. The Morgan fingerprint density at radius 1 is 1.23 bits per heavy atom. The van der Waals surface area contributed by atoms with Crippen LogP contribution in [0.2, 0.25) is 5.02 Å². The van der Waals surface area contributed by atoms with Crippen molar-refractivity contribution in [3.8, 4) is 0 Å². The first-order valence-corrected chi connectivity index (χ1v) is 10.7. The van der Waals surface area contributed by atoms with E-state index in [4.69, 9.17) is 11.6 Å². The lowest BCUT2D eigenvalue weighted by molar-refractivity contribution is 0.0963. The molecule has 0 aliphatic heterocycles. The molecule has 26 heavy (non-hydrogen) atoms. The first-order valence-electron chi connectivity index (χ1n) is 8.11. The van der Waals surface area contributed by atoms with Crippen molar-refractivity contribution in [2.75, 3.05) is 7.05 Å². The van der Waals surface area contributed by atoms with Gasteiger partial charge in [-0.15, -0.1) is 0 Å². The summed E-state index contributed by atoms with van der Waals surface area (Å²) in [6.07, 6.45) is 1.67. The van der Waals surface area contributed by atoms with Gasteiger partial charge in [0, 0.05) is 29.7 Å². The largest absolute Gasteiger partial charge is 0.355 e. The Bertz CT molecular complexity index is 928. The Balaban J connectivity index is 1.88. The zero-order valence-electron chi connectivity index (χ0n) is 14.1. The van der Waals surface area contributed by atoms with Crippen LogP contribution in [-0.2, 0) is 16.6 Å². The molecule has 2 aromatic carbocycles. The van der Waals surface area contributed by atoms with Gasteiger partial charge in [-0.3, -0.25) is 4.79 Å². The van der Waals surface area contributed by atoms with Crippen molar-refractivity contribution in [1.82, 2.24) is 9.62 Å². The van der Waals surface area contributed by atoms with E-state index in [1.54, 1.807) is 43.4 Å². The summed E-state index contributed by atoms with van der Waals surface area (Å²) in [6, 6.07) is 11.7. The highest BCUT2D eigenvalue weighted by molar-refractivity contribution is 9.10. The summed E-state index contributed by atoms with van der Waals surface area (Å²) >= 11 is 9.47. The van der Waals surface area contributed by atoms with Gasteiger partial charge < -0.3 is 5.32 Å². The predicted molar refractivity (Wildman–Crippen MR) is 105 cm³/mol. The van der Waals surface area contributed by atoms with Crippen LogP contribution >= 0.6 is 27.5 Å². The fraction of sp³-hybridized carbons (Fsp3) is 0.278. The van der Waals surface area contributed by atoms with E-state index in [-0.39, 0.29) is 28.4 Å². The maximum atomic E-state index is 13.1.